The summed E-state index contributed by atoms with van der Waals surface area (Å²) in [6.45, 7) is 10.1. The van der Waals surface area contributed by atoms with E-state index in [2.05, 4.69) is 37.4 Å². The van der Waals surface area contributed by atoms with Crippen molar-refractivity contribution in [3.8, 4) is 11.5 Å². The zero-order chi connectivity index (χ0) is 25.3. The lowest BCUT2D eigenvalue weighted by molar-refractivity contribution is -0.154. The highest BCUT2D eigenvalue weighted by Crippen LogP contribution is 2.26. The Kier molecular flexibility index (Phi) is 10.1. The fraction of sp³-hybridized carbons (Fsp3) is 0.462. The molecule has 0 saturated heterocycles. The van der Waals surface area contributed by atoms with Crippen LogP contribution in [-0.4, -0.2) is 36.6 Å². The van der Waals surface area contributed by atoms with Gasteiger partial charge in [0.05, 0.1) is 31.2 Å². The first kappa shape index (κ1) is 27.4. The van der Waals surface area contributed by atoms with E-state index in [1.807, 2.05) is 20.8 Å². The van der Waals surface area contributed by atoms with Crippen molar-refractivity contribution in [2.75, 3.05) is 19.5 Å². The molecule has 1 atom stereocenters. The van der Waals surface area contributed by atoms with Crippen LogP contribution in [0.1, 0.15) is 43.0 Å². The predicted molar refractivity (Wildman–Crippen MR) is 134 cm³/mol. The number of hydrogen-bond acceptors (Lipinski definition) is 7. The van der Waals surface area contributed by atoms with Gasteiger partial charge in [-0.15, -0.1) is 0 Å². The Morgan fingerprint density at radius 3 is 2.41 bits per heavy atom. The Bertz CT molecular complexity index is 986. The number of amides is 1. The number of hydrogen-bond donors (Lipinski definition) is 2. The van der Waals surface area contributed by atoms with Gasteiger partial charge in [-0.25, -0.2) is 4.79 Å². The zero-order valence-corrected chi connectivity index (χ0v) is 21.6. The maximum atomic E-state index is 12.2. The van der Waals surface area contributed by atoms with Crippen LogP contribution in [0.4, 0.5) is 4.79 Å². The highest BCUT2D eigenvalue weighted by atomic mass is 32.2. The average molecular weight is 490 g/mol. The molecule has 0 aromatic heterocycles. The summed E-state index contributed by atoms with van der Waals surface area (Å²) in [7, 11) is 1.46. The van der Waals surface area contributed by atoms with Gasteiger partial charge in [-0.3, -0.25) is 4.79 Å². The second-order valence-electron chi connectivity index (χ2n) is 9.35. The Balaban J connectivity index is 1.90. The van der Waals surface area contributed by atoms with Gasteiger partial charge in [0.15, 0.2) is 11.5 Å². The molecular formula is C26H35NO6S. The second-order valence-corrected chi connectivity index (χ2v) is 10.1. The van der Waals surface area contributed by atoms with E-state index in [-0.39, 0.29) is 30.8 Å². The minimum atomic E-state index is -0.578. The smallest absolute Gasteiger partial charge is 0.419 e. The molecule has 0 radical (unpaired) electrons. The SMILES string of the molecule is COc1cc(CNC(=O)OSCC(COC(=O)C(C)(C)C)Cc2ccc(C)c(C)c2)ccc1O. The van der Waals surface area contributed by atoms with Gasteiger partial charge in [0.2, 0.25) is 0 Å². The number of ether oxygens (including phenoxy) is 2. The number of esters is 1. The van der Waals surface area contributed by atoms with Crippen LogP contribution < -0.4 is 10.1 Å². The fourth-order valence-corrected chi connectivity index (χ4v) is 3.70. The number of aryl methyl sites for hydroxylation is 2. The average Bonchev–Trinajstić information content (AvgIpc) is 2.78. The lowest BCUT2D eigenvalue weighted by Gasteiger charge is -2.21. The predicted octanol–water partition coefficient (Wildman–Crippen LogP) is 5.34. The van der Waals surface area contributed by atoms with Crippen LogP contribution in [0.15, 0.2) is 36.4 Å². The standard InChI is InChI=1S/C26H35NO6S/c1-17-7-8-19(11-18(17)2)12-21(15-32-24(29)26(3,4)5)16-34-33-25(30)27-14-20-9-10-22(28)23(13-20)31-6/h7-11,13,21,28H,12,14-16H2,1-6H3,(H,27,30). The van der Waals surface area contributed by atoms with Crippen LogP contribution in [0, 0.1) is 25.2 Å². The number of phenolic OH excluding ortho intramolecular Hbond substituents is 1. The van der Waals surface area contributed by atoms with Crippen molar-refractivity contribution in [2.45, 2.75) is 47.6 Å². The fourth-order valence-electron chi connectivity index (χ4n) is 3.06. The van der Waals surface area contributed by atoms with Crippen LogP contribution in [-0.2, 0) is 26.7 Å². The van der Waals surface area contributed by atoms with E-state index in [0.29, 0.717) is 17.9 Å². The molecule has 0 aliphatic heterocycles. The van der Waals surface area contributed by atoms with Crippen molar-refractivity contribution in [3.63, 3.8) is 0 Å². The van der Waals surface area contributed by atoms with Gasteiger partial charge in [0.25, 0.3) is 0 Å². The molecule has 0 heterocycles. The molecule has 0 fully saturated rings. The molecule has 186 valence electrons. The maximum Gasteiger partial charge on any atom is 0.419 e. The van der Waals surface area contributed by atoms with Crippen LogP contribution in [0.25, 0.3) is 0 Å². The number of carbonyl (C=O) groups is 2. The molecule has 34 heavy (non-hydrogen) atoms. The molecule has 7 nitrogen and oxygen atoms in total. The Morgan fingerprint density at radius 2 is 1.76 bits per heavy atom. The summed E-state index contributed by atoms with van der Waals surface area (Å²) in [6.07, 6.45) is 0.123. The summed E-state index contributed by atoms with van der Waals surface area (Å²) in [4.78, 5) is 24.4. The Labute approximate surface area is 206 Å². The van der Waals surface area contributed by atoms with Gasteiger partial charge in [-0.05, 0) is 75.4 Å². The van der Waals surface area contributed by atoms with Crippen LogP contribution in [0.3, 0.4) is 0 Å². The topological polar surface area (TPSA) is 94.1 Å². The third kappa shape index (κ3) is 8.82. The minimum absolute atomic E-state index is 0.0208. The summed E-state index contributed by atoms with van der Waals surface area (Å²) >= 11 is 1.03. The summed E-state index contributed by atoms with van der Waals surface area (Å²) in [5.41, 5.74) is 3.76. The number of carbonyl (C=O) groups excluding carboxylic acids is 2. The molecule has 0 bridgehead atoms. The molecule has 8 heteroatoms. The van der Waals surface area contributed by atoms with E-state index in [1.165, 1.54) is 24.3 Å². The van der Waals surface area contributed by atoms with Crippen LogP contribution in [0.2, 0.25) is 0 Å². The van der Waals surface area contributed by atoms with Gasteiger partial charge in [0, 0.05) is 18.2 Å². The molecule has 2 rings (SSSR count). The largest absolute Gasteiger partial charge is 0.504 e. The van der Waals surface area contributed by atoms with Crippen LogP contribution >= 0.6 is 12.0 Å². The van der Waals surface area contributed by atoms with Gasteiger partial charge in [-0.1, -0.05) is 24.3 Å². The highest BCUT2D eigenvalue weighted by Gasteiger charge is 2.24. The van der Waals surface area contributed by atoms with Gasteiger partial charge >= 0.3 is 12.1 Å². The quantitative estimate of drug-likeness (QED) is 0.344. The van der Waals surface area contributed by atoms with Gasteiger partial charge in [0.1, 0.15) is 0 Å². The van der Waals surface area contributed by atoms with E-state index < -0.39 is 11.5 Å². The first-order chi connectivity index (χ1) is 16.0. The van der Waals surface area contributed by atoms with Crippen molar-refractivity contribution < 1.29 is 28.4 Å². The normalized spacial score (nSPS) is 12.1. The Morgan fingerprint density at radius 1 is 1.06 bits per heavy atom. The van der Waals surface area contributed by atoms with Crippen molar-refractivity contribution in [3.05, 3.63) is 58.7 Å². The molecule has 1 unspecified atom stereocenters. The van der Waals surface area contributed by atoms with Gasteiger partial charge in [-0.2, -0.15) is 0 Å². The van der Waals surface area contributed by atoms with E-state index in [0.717, 1.165) is 23.2 Å². The first-order valence-electron chi connectivity index (χ1n) is 11.2. The van der Waals surface area contributed by atoms with E-state index in [1.54, 1.807) is 12.1 Å². The lowest BCUT2D eigenvalue weighted by Crippen LogP contribution is -2.27. The molecule has 2 aromatic rings. The number of benzene rings is 2. The van der Waals surface area contributed by atoms with E-state index in [4.69, 9.17) is 13.7 Å². The maximum absolute atomic E-state index is 12.2. The third-order valence-electron chi connectivity index (χ3n) is 5.28. The number of rotatable bonds is 10. The third-order valence-corrected chi connectivity index (χ3v) is 6.15. The van der Waals surface area contributed by atoms with Crippen molar-refractivity contribution in [2.24, 2.45) is 11.3 Å². The molecule has 0 saturated carbocycles. The summed E-state index contributed by atoms with van der Waals surface area (Å²) < 4.78 is 15.9. The van der Waals surface area contributed by atoms with Crippen molar-refractivity contribution in [1.29, 1.82) is 0 Å². The summed E-state index contributed by atoms with van der Waals surface area (Å²) in [6, 6.07) is 11.1. The first-order valence-corrected chi connectivity index (χ1v) is 12.1. The van der Waals surface area contributed by atoms with Crippen LogP contribution in [0.5, 0.6) is 11.5 Å². The Hall–Kier alpha value is -2.87. The molecule has 2 N–H and O–H groups in total. The van der Waals surface area contributed by atoms with Crippen molar-refractivity contribution >= 4 is 24.1 Å². The molecule has 0 spiro atoms. The molecule has 0 aliphatic carbocycles. The molecule has 1 amide bonds. The number of methoxy groups -OCH3 is 1. The van der Waals surface area contributed by atoms with Crippen molar-refractivity contribution in [1.82, 2.24) is 5.32 Å². The summed E-state index contributed by atoms with van der Waals surface area (Å²) in [5, 5.41) is 12.3. The highest BCUT2D eigenvalue weighted by molar-refractivity contribution is 7.95. The molecular weight excluding hydrogens is 454 g/mol. The number of aromatic hydroxyl groups is 1. The number of nitrogens with one attached hydrogen (secondary N) is 1. The number of phenols is 1. The minimum Gasteiger partial charge on any atom is -0.504 e. The van der Waals surface area contributed by atoms with E-state index >= 15 is 0 Å². The van der Waals surface area contributed by atoms with E-state index in [9.17, 15) is 14.7 Å². The molecule has 0 aliphatic rings. The zero-order valence-electron chi connectivity index (χ0n) is 20.8. The van der Waals surface area contributed by atoms with Gasteiger partial charge < -0.3 is 24.1 Å². The monoisotopic (exact) mass is 489 g/mol. The summed E-state index contributed by atoms with van der Waals surface area (Å²) in [5.74, 6) is 0.565. The second kappa shape index (κ2) is 12.6. The molecule has 2 aromatic carbocycles. The lowest BCUT2D eigenvalue weighted by atomic mass is 9.96.